The van der Waals surface area contributed by atoms with Crippen LogP contribution >= 0.6 is 0 Å². The minimum absolute atomic E-state index is 0.632. The van der Waals surface area contributed by atoms with Crippen molar-refractivity contribution in [3.63, 3.8) is 0 Å². The van der Waals surface area contributed by atoms with Crippen LogP contribution in [0.15, 0.2) is 0 Å². The first-order valence-electron chi connectivity index (χ1n) is 9.34. The van der Waals surface area contributed by atoms with Gasteiger partial charge in [0.1, 0.15) is 8.24 Å². The molecule has 0 saturated carbocycles. The van der Waals surface area contributed by atoms with Crippen molar-refractivity contribution in [2.24, 2.45) is 5.92 Å². The smallest absolute Gasteiger partial charge is 0.183 e. The van der Waals surface area contributed by atoms with Crippen LogP contribution in [0.3, 0.4) is 0 Å². The van der Waals surface area contributed by atoms with Gasteiger partial charge in [-0.25, -0.2) is 0 Å². The fraction of sp³-hybridized carbons (Fsp3) is 1.00. The highest BCUT2D eigenvalue weighted by Crippen LogP contribution is 2.31. The number of hydrogen-bond donors (Lipinski definition) is 0. The largest absolute Gasteiger partial charge is 0.418 e. The van der Waals surface area contributed by atoms with E-state index in [1.165, 1.54) is 19.4 Å². The molecule has 2 atom stereocenters. The van der Waals surface area contributed by atoms with Crippen LogP contribution in [0.25, 0.3) is 0 Å². The third-order valence-corrected chi connectivity index (χ3v) is 8.84. The SMILES string of the molecule is C[Si](C)(C)OCC[C@H](CO[Si](C)(C)C)[C@@H]1CCCN1[Si](C)(C)C. The van der Waals surface area contributed by atoms with Gasteiger partial charge in [0, 0.05) is 19.3 Å². The quantitative estimate of drug-likeness (QED) is 0.530. The Morgan fingerprint density at radius 2 is 1.48 bits per heavy atom. The molecule has 0 spiro atoms. The fourth-order valence-corrected chi connectivity index (χ4v) is 6.98. The standard InChI is InChI=1S/C17H41NO2Si3/c1-21(2,3)18-13-10-11-17(18)16(15-20-23(7,8)9)12-14-19-22(4,5)6/h16-17H,10-15H2,1-9H3/t16-,17+/m1/s1. The summed E-state index contributed by atoms with van der Waals surface area (Å²) in [7, 11) is -4.11. The molecular formula is C17H41NO2Si3. The summed E-state index contributed by atoms with van der Waals surface area (Å²) < 4.78 is 15.3. The van der Waals surface area contributed by atoms with Gasteiger partial charge >= 0.3 is 0 Å². The summed E-state index contributed by atoms with van der Waals surface area (Å²) in [4.78, 5) is 0. The van der Waals surface area contributed by atoms with Crippen LogP contribution in [0, 0.1) is 5.92 Å². The zero-order chi connectivity index (χ0) is 17.9. The minimum atomic E-state index is -1.45. The third kappa shape index (κ3) is 8.45. The van der Waals surface area contributed by atoms with Crippen LogP contribution in [0.2, 0.25) is 58.9 Å². The summed E-state index contributed by atoms with van der Waals surface area (Å²) in [5.41, 5.74) is 0. The second kappa shape index (κ2) is 8.27. The first-order chi connectivity index (χ1) is 10.3. The molecule has 138 valence electrons. The lowest BCUT2D eigenvalue weighted by atomic mass is 9.96. The van der Waals surface area contributed by atoms with Gasteiger partial charge in [-0.3, -0.25) is 0 Å². The molecule has 0 aromatic carbocycles. The topological polar surface area (TPSA) is 21.7 Å². The molecule has 6 heteroatoms. The Morgan fingerprint density at radius 3 is 1.96 bits per heavy atom. The first-order valence-corrected chi connectivity index (χ1v) is 19.6. The fourth-order valence-electron chi connectivity index (χ4n) is 3.38. The average molecular weight is 376 g/mol. The van der Waals surface area contributed by atoms with Crippen LogP contribution < -0.4 is 0 Å². The van der Waals surface area contributed by atoms with Crippen LogP contribution in [0.5, 0.6) is 0 Å². The average Bonchev–Trinajstić information content (AvgIpc) is 2.79. The highest BCUT2D eigenvalue weighted by molar-refractivity contribution is 6.73. The Labute approximate surface area is 148 Å². The predicted molar refractivity (Wildman–Crippen MR) is 110 cm³/mol. The lowest BCUT2D eigenvalue weighted by molar-refractivity contribution is 0.146. The molecule has 1 aliphatic rings. The van der Waals surface area contributed by atoms with Crippen molar-refractivity contribution in [3.05, 3.63) is 0 Å². The second-order valence-corrected chi connectivity index (χ2v) is 23.9. The number of nitrogens with zero attached hydrogens (tertiary/aromatic N) is 1. The molecule has 23 heavy (non-hydrogen) atoms. The van der Waals surface area contributed by atoms with Gasteiger partial charge in [-0.15, -0.1) is 0 Å². The monoisotopic (exact) mass is 375 g/mol. The van der Waals surface area contributed by atoms with Gasteiger partial charge < -0.3 is 13.4 Å². The molecule has 1 aliphatic heterocycles. The van der Waals surface area contributed by atoms with E-state index in [-0.39, 0.29) is 0 Å². The number of hydrogen-bond acceptors (Lipinski definition) is 3. The molecule has 0 amide bonds. The third-order valence-electron chi connectivity index (χ3n) is 4.46. The van der Waals surface area contributed by atoms with Crippen LogP contribution in [0.4, 0.5) is 0 Å². The molecule has 3 nitrogen and oxygen atoms in total. The molecule has 0 radical (unpaired) electrons. The van der Waals surface area contributed by atoms with E-state index in [2.05, 4.69) is 63.5 Å². The van der Waals surface area contributed by atoms with Crippen LogP contribution in [0.1, 0.15) is 19.3 Å². The van der Waals surface area contributed by atoms with E-state index >= 15 is 0 Å². The summed E-state index contributed by atoms with van der Waals surface area (Å²) in [5, 5.41) is 0. The summed E-state index contributed by atoms with van der Waals surface area (Å²) in [6.45, 7) is 24.3. The first kappa shape index (κ1) is 21.6. The maximum absolute atomic E-state index is 6.33. The van der Waals surface area contributed by atoms with Crippen molar-refractivity contribution in [2.45, 2.75) is 84.2 Å². The molecule has 0 aromatic heterocycles. The van der Waals surface area contributed by atoms with Gasteiger partial charge in [-0.1, -0.05) is 19.6 Å². The zero-order valence-corrected chi connectivity index (χ0v) is 20.2. The second-order valence-electron chi connectivity index (χ2n) is 10.0. The van der Waals surface area contributed by atoms with Gasteiger partial charge in [-0.2, -0.15) is 0 Å². The summed E-state index contributed by atoms with van der Waals surface area (Å²) >= 11 is 0. The van der Waals surface area contributed by atoms with Crippen molar-refractivity contribution < 1.29 is 8.85 Å². The lowest BCUT2D eigenvalue weighted by Crippen LogP contribution is -2.52. The van der Waals surface area contributed by atoms with E-state index in [0.717, 1.165) is 19.6 Å². The van der Waals surface area contributed by atoms with Crippen molar-refractivity contribution in [1.82, 2.24) is 4.57 Å². The van der Waals surface area contributed by atoms with Crippen molar-refractivity contribution in [1.29, 1.82) is 0 Å². The lowest BCUT2D eigenvalue weighted by Gasteiger charge is -2.40. The molecule has 0 aromatic rings. The van der Waals surface area contributed by atoms with Crippen LogP contribution in [-0.2, 0) is 8.85 Å². The molecule has 0 N–H and O–H groups in total. The van der Waals surface area contributed by atoms with Gasteiger partial charge in [0.25, 0.3) is 0 Å². The highest BCUT2D eigenvalue weighted by atomic mass is 28.4. The Hall–Kier alpha value is 0.531. The maximum Gasteiger partial charge on any atom is 0.183 e. The minimum Gasteiger partial charge on any atom is -0.418 e. The van der Waals surface area contributed by atoms with E-state index in [4.69, 9.17) is 8.85 Å². The van der Waals surface area contributed by atoms with Crippen molar-refractivity contribution in [2.75, 3.05) is 19.8 Å². The summed E-state index contributed by atoms with van der Waals surface area (Å²) in [6, 6.07) is 0.711. The normalized spacial score (nSPS) is 22.6. The molecule has 0 bridgehead atoms. The summed E-state index contributed by atoms with van der Waals surface area (Å²) in [5.74, 6) is 0.632. The van der Waals surface area contributed by atoms with E-state index in [9.17, 15) is 0 Å². The van der Waals surface area contributed by atoms with Crippen molar-refractivity contribution in [3.8, 4) is 0 Å². The molecule has 0 aliphatic carbocycles. The number of rotatable bonds is 9. The molecule has 1 saturated heterocycles. The van der Waals surface area contributed by atoms with Gasteiger partial charge in [0.2, 0.25) is 0 Å². The van der Waals surface area contributed by atoms with E-state index in [1.54, 1.807) is 0 Å². The Morgan fingerprint density at radius 1 is 0.913 bits per heavy atom. The van der Waals surface area contributed by atoms with E-state index < -0.39 is 24.9 Å². The maximum atomic E-state index is 6.33. The van der Waals surface area contributed by atoms with E-state index in [0.29, 0.717) is 12.0 Å². The van der Waals surface area contributed by atoms with Gasteiger partial charge in [-0.05, 0) is 71.0 Å². The molecule has 1 fully saturated rings. The van der Waals surface area contributed by atoms with Gasteiger partial charge in [0.05, 0.1) is 0 Å². The zero-order valence-electron chi connectivity index (χ0n) is 17.2. The highest BCUT2D eigenvalue weighted by Gasteiger charge is 2.38. The van der Waals surface area contributed by atoms with Crippen molar-refractivity contribution >= 4 is 24.9 Å². The molecular weight excluding hydrogens is 334 g/mol. The summed E-state index contributed by atoms with van der Waals surface area (Å²) in [6.07, 6.45) is 3.85. The Kier molecular flexibility index (Phi) is 7.76. The van der Waals surface area contributed by atoms with Gasteiger partial charge in [0.15, 0.2) is 16.6 Å². The predicted octanol–water partition coefficient (Wildman–Crippen LogP) is 5.00. The molecule has 1 heterocycles. The van der Waals surface area contributed by atoms with Crippen LogP contribution in [-0.4, -0.2) is 55.2 Å². The van der Waals surface area contributed by atoms with E-state index in [1.807, 2.05) is 0 Å². The molecule has 1 rings (SSSR count). The Bertz CT molecular complexity index is 358. The Balaban J connectivity index is 2.73. The molecule has 0 unspecified atom stereocenters.